The average molecular weight is 215 g/mol. The first-order valence-corrected chi connectivity index (χ1v) is 5.72. The normalized spacial score (nSPS) is 19.3. The summed E-state index contributed by atoms with van der Waals surface area (Å²) in [4.78, 5) is 10.7. The number of carbonyl (C=O) groups is 1. The molecule has 1 saturated carbocycles. The molecule has 0 amide bonds. The largest absolute Gasteiger partial charge is 0.480 e. The summed E-state index contributed by atoms with van der Waals surface area (Å²) < 4.78 is 5.50. The number of carboxylic acid groups (broad SMARTS) is 1. The van der Waals surface area contributed by atoms with Crippen LogP contribution in [-0.2, 0) is 9.53 Å². The number of rotatable bonds is 7. The third-order valence-corrected chi connectivity index (χ3v) is 3.03. The van der Waals surface area contributed by atoms with Crippen molar-refractivity contribution in [1.82, 2.24) is 5.32 Å². The van der Waals surface area contributed by atoms with Gasteiger partial charge in [-0.25, -0.2) is 0 Å². The minimum atomic E-state index is -0.804. The molecule has 1 unspecified atom stereocenters. The molecule has 0 aromatic heterocycles. The Morgan fingerprint density at radius 1 is 1.53 bits per heavy atom. The van der Waals surface area contributed by atoms with Gasteiger partial charge in [-0.15, -0.1) is 0 Å². The van der Waals surface area contributed by atoms with E-state index in [1.807, 2.05) is 0 Å². The predicted molar refractivity (Wildman–Crippen MR) is 57.9 cm³/mol. The SMILES string of the molecule is CNC(CCOCC1CCCC1)C(=O)O. The highest BCUT2D eigenvalue weighted by molar-refractivity contribution is 5.73. The molecule has 88 valence electrons. The minimum absolute atomic E-state index is 0.478. The average Bonchev–Trinajstić information content (AvgIpc) is 2.70. The van der Waals surface area contributed by atoms with Gasteiger partial charge in [-0.2, -0.15) is 0 Å². The molecule has 1 aliphatic carbocycles. The second-order valence-corrected chi connectivity index (χ2v) is 4.19. The Kier molecular flexibility index (Phi) is 5.65. The zero-order chi connectivity index (χ0) is 11.1. The molecule has 0 radical (unpaired) electrons. The van der Waals surface area contributed by atoms with Crippen molar-refractivity contribution in [3.8, 4) is 0 Å². The second-order valence-electron chi connectivity index (χ2n) is 4.19. The van der Waals surface area contributed by atoms with Crippen LogP contribution >= 0.6 is 0 Å². The van der Waals surface area contributed by atoms with Crippen molar-refractivity contribution in [2.24, 2.45) is 5.92 Å². The summed E-state index contributed by atoms with van der Waals surface area (Å²) in [5.41, 5.74) is 0. The van der Waals surface area contributed by atoms with Gasteiger partial charge in [0.05, 0.1) is 0 Å². The lowest BCUT2D eigenvalue weighted by Gasteiger charge is -2.13. The van der Waals surface area contributed by atoms with E-state index in [9.17, 15) is 4.79 Å². The molecule has 1 rings (SSSR count). The van der Waals surface area contributed by atoms with E-state index in [-0.39, 0.29) is 0 Å². The van der Waals surface area contributed by atoms with E-state index in [1.165, 1.54) is 25.7 Å². The first kappa shape index (κ1) is 12.5. The van der Waals surface area contributed by atoms with Crippen LogP contribution in [0, 0.1) is 5.92 Å². The van der Waals surface area contributed by atoms with Crippen LogP contribution in [0.5, 0.6) is 0 Å². The van der Waals surface area contributed by atoms with Crippen molar-refractivity contribution in [3.05, 3.63) is 0 Å². The van der Waals surface area contributed by atoms with E-state index in [1.54, 1.807) is 7.05 Å². The third-order valence-electron chi connectivity index (χ3n) is 3.03. The van der Waals surface area contributed by atoms with Gasteiger partial charge in [0.1, 0.15) is 6.04 Å². The highest BCUT2D eigenvalue weighted by Crippen LogP contribution is 2.24. The molecule has 0 heterocycles. The van der Waals surface area contributed by atoms with Gasteiger partial charge < -0.3 is 15.2 Å². The molecule has 2 N–H and O–H groups in total. The Labute approximate surface area is 91.0 Å². The van der Waals surface area contributed by atoms with Crippen LogP contribution in [0.1, 0.15) is 32.1 Å². The van der Waals surface area contributed by atoms with Crippen LogP contribution in [-0.4, -0.2) is 37.4 Å². The van der Waals surface area contributed by atoms with Crippen molar-refractivity contribution < 1.29 is 14.6 Å². The lowest BCUT2D eigenvalue weighted by atomic mass is 10.1. The highest BCUT2D eigenvalue weighted by Gasteiger charge is 2.16. The smallest absolute Gasteiger partial charge is 0.320 e. The molecule has 0 saturated heterocycles. The first-order valence-electron chi connectivity index (χ1n) is 5.72. The van der Waals surface area contributed by atoms with Crippen LogP contribution in [0.2, 0.25) is 0 Å². The van der Waals surface area contributed by atoms with Crippen molar-refractivity contribution in [3.63, 3.8) is 0 Å². The summed E-state index contributed by atoms with van der Waals surface area (Å²) in [5, 5.41) is 11.5. The van der Waals surface area contributed by atoms with Gasteiger partial charge in [-0.05, 0) is 32.2 Å². The van der Waals surface area contributed by atoms with E-state index in [4.69, 9.17) is 9.84 Å². The molecule has 4 heteroatoms. The maximum atomic E-state index is 10.7. The summed E-state index contributed by atoms with van der Waals surface area (Å²) in [5.74, 6) is -0.0927. The van der Waals surface area contributed by atoms with E-state index < -0.39 is 12.0 Å². The molecule has 0 aromatic rings. The van der Waals surface area contributed by atoms with Crippen LogP contribution in [0.25, 0.3) is 0 Å². The molecule has 0 aliphatic heterocycles. The van der Waals surface area contributed by atoms with Gasteiger partial charge in [0.25, 0.3) is 0 Å². The fourth-order valence-corrected chi connectivity index (χ4v) is 2.02. The molecule has 1 fully saturated rings. The molecule has 0 aromatic carbocycles. The van der Waals surface area contributed by atoms with Crippen LogP contribution < -0.4 is 5.32 Å². The van der Waals surface area contributed by atoms with E-state index >= 15 is 0 Å². The molecule has 4 nitrogen and oxygen atoms in total. The van der Waals surface area contributed by atoms with Gasteiger partial charge in [-0.3, -0.25) is 4.79 Å². The fraction of sp³-hybridized carbons (Fsp3) is 0.909. The number of nitrogens with one attached hydrogen (secondary N) is 1. The number of ether oxygens (including phenoxy) is 1. The Morgan fingerprint density at radius 2 is 2.20 bits per heavy atom. The lowest BCUT2D eigenvalue weighted by molar-refractivity contribution is -0.139. The van der Waals surface area contributed by atoms with Crippen molar-refractivity contribution in [2.45, 2.75) is 38.1 Å². The maximum Gasteiger partial charge on any atom is 0.320 e. The molecule has 15 heavy (non-hydrogen) atoms. The fourth-order valence-electron chi connectivity index (χ4n) is 2.02. The van der Waals surface area contributed by atoms with Gasteiger partial charge >= 0.3 is 5.97 Å². The van der Waals surface area contributed by atoms with Crippen molar-refractivity contribution in [2.75, 3.05) is 20.3 Å². The van der Waals surface area contributed by atoms with E-state index in [0.29, 0.717) is 18.9 Å². The number of aliphatic carboxylic acids is 1. The second kappa shape index (κ2) is 6.80. The molecule has 0 spiro atoms. The number of hydrogen-bond donors (Lipinski definition) is 2. The first-order chi connectivity index (χ1) is 7.24. The summed E-state index contributed by atoms with van der Waals surface area (Å²) in [7, 11) is 1.66. The predicted octanol–water partition coefficient (Wildman–Crippen LogP) is 1.26. The lowest BCUT2D eigenvalue weighted by Crippen LogP contribution is -2.34. The topological polar surface area (TPSA) is 58.6 Å². The van der Waals surface area contributed by atoms with E-state index in [2.05, 4.69) is 5.32 Å². The zero-order valence-electron chi connectivity index (χ0n) is 9.37. The quantitative estimate of drug-likeness (QED) is 0.628. The molecule has 1 atom stereocenters. The number of likely N-dealkylation sites (N-methyl/N-ethyl adjacent to an activating group) is 1. The Balaban J connectivity index is 2.02. The van der Waals surface area contributed by atoms with Gasteiger partial charge in [0.2, 0.25) is 0 Å². The molecule has 0 bridgehead atoms. The summed E-state index contributed by atoms with van der Waals surface area (Å²) in [6.07, 6.45) is 5.73. The molecular formula is C11H21NO3. The standard InChI is InChI=1S/C11H21NO3/c1-12-10(11(13)14)6-7-15-8-9-4-2-3-5-9/h9-10,12H,2-8H2,1H3,(H,13,14). The van der Waals surface area contributed by atoms with Crippen LogP contribution in [0.3, 0.4) is 0 Å². The zero-order valence-corrected chi connectivity index (χ0v) is 9.37. The summed E-state index contributed by atoms with van der Waals surface area (Å²) in [6.45, 7) is 1.34. The summed E-state index contributed by atoms with van der Waals surface area (Å²) >= 11 is 0. The van der Waals surface area contributed by atoms with E-state index in [0.717, 1.165) is 6.61 Å². The Bertz CT molecular complexity index is 190. The van der Waals surface area contributed by atoms with Crippen LogP contribution in [0.4, 0.5) is 0 Å². The number of hydrogen-bond acceptors (Lipinski definition) is 3. The molecule has 1 aliphatic rings. The summed E-state index contributed by atoms with van der Waals surface area (Å²) in [6, 6.07) is -0.478. The maximum absolute atomic E-state index is 10.7. The van der Waals surface area contributed by atoms with Crippen molar-refractivity contribution >= 4 is 5.97 Å². The third kappa shape index (κ3) is 4.62. The highest BCUT2D eigenvalue weighted by atomic mass is 16.5. The minimum Gasteiger partial charge on any atom is -0.480 e. The van der Waals surface area contributed by atoms with Crippen molar-refractivity contribution in [1.29, 1.82) is 0 Å². The van der Waals surface area contributed by atoms with Gasteiger partial charge in [-0.1, -0.05) is 12.8 Å². The van der Waals surface area contributed by atoms with Crippen LogP contribution in [0.15, 0.2) is 0 Å². The molecular weight excluding hydrogens is 194 g/mol. The number of carboxylic acids is 1. The Morgan fingerprint density at radius 3 is 2.73 bits per heavy atom. The van der Waals surface area contributed by atoms with Gasteiger partial charge in [0, 0.05) is 13.2 Å². The van der Waals surface area contributed by atoms with Gasteiger partial charge in [0.15, 0.2) is 0 Å². The Hall–Kier alpha value is -0.610. The monoisotopic (exact) mass is 215 g/mol.